The molecule has 0 amide bonds. The molecule has 0 bridgehead atoms. The van der Waals surface area contributed by atoms with Crippen molar-refractivity contribution in [1.82, 2.24) is 14.7 Å². The molecule has 29 heavy (non-hydrogen) atoms. The van der Waals surface area contributed by atoms with Crippen LogP contribution in [0.15, 0.2) is 48.5 Å². The summed E-state index contributed by atoms with van der Waals surface area (Å²) in [6.07, 6.45) is 4.84. The minimum absolute atomic E-state index is 0.407. The third-order valence-electron chi connectivity index (χ3n) is 6.42. The van der Waals surface area contributed by atoms with Gasteiger partial charge in [-0.25, -0.2) is 4.68 Å². The molecule has 0 radical (unpaired) electrons. The number of aromatic nitrogens is 2. The minimum atomic E-state index is 0.407. The van der Waals surface area contributed by atoms with Crippen molar-refractivity contribution >= 4 is 5.82 Å². The van der Waals surface area contributed by atoms with E-state index < -0.39 is 0 Å². The first kappa shape index (κ1) is 18.4. The van der Waals surface area contributed by atoms with Crippen LogP contribution in [0.5, 0.6) is 0 Å². The maximum atomic E-state index is 5.22. The van der Waals surface area contributed by atoms with Crippen molar-refractivity contribution in [1.29, 1.82) is 0 Å². The third kappa shape index (κ3) is 3.46. The van der Waals surface area contributed by atoms with E-state index in [4.69, 9.17) is 5.10 Å². The monoisotopic (exact) mass is 386 g/mol. The zero-order valence-corrected chi connectivity index (χ0v) is 17.5. The smallest absolute Gasteiger partial charge is 0.133 e. The molecule has 1 atom stereocenters. The molecule has 3 heterocycles. The van der Waals surface area contributed by atoms with Gasteiger partial charge < -0.3 is 5.32 Å². The normalized spacial score (nSPS) is 19.2. The van der Waals surface area contributed by atoms with Crippen molar-refractivity contribution in [2.75, 3.05) is 18.4 Å². The number of aryl methyl sites for hydroxylation is 2. The van der Waals surface area contributed by atoms with Crippen LogP contribution in [0.3, 0.4) is 0 Å². The Morgan fingerprint density at radius 1 is 1.07 bits per heavy atom. The lowest BCUT2D eigenvalue weighted by Crippen LogP contribution is -2.33. The molecule has 1 aromatic heterocycles. The van der Waals surface area contributed by atoms with Crippen LogP contribution in [0, 0.1) is 13.8 Å². The average molecular weight is 387 g/mol. The van der Waals surface area contributed by atoms with E-state index in [1.807, 2.05) is 0 Å². The Hall–Kier alpha value is -2.59. The quantitative estimate of drug-likeness (QED) is 0.670. The Morgan fingerprint density at radius 3 is 2.76 bits per heavy atom. The number of nitrogens with zero attached hydrogens (tertiary/aromatic N) is 3. The molecule has 1 unspecified atom stereocenters. The number of fused-ring (bicyclic) bond motifs is 1. The van der Waals surface area contributed by atoms with Gasteiger partial charge >= 0.3 is 0 Å². The predicted molar refractivity (Wildman–Crippen MR) is 119 cm³/mol. The van der Waals surface area contributed by atoms with Gasteiger partial charge in [0.25, 0.3) is 0 Å². The van der Waals surface area contributed by atoms with Gasteiger partial charge in [0, 0.05) is 18.7 Å². The van der Waals surface area contributed by atoms with Gasteiger partial charge in [-0.15, -0.1) is 0 Å². The first-order valence-electron chi connectivity index (χ1n) is 10.9. The Kier molecular flexibility index (Phi) is 4.88. The van der Waals surface area contributed by atoms with Crippen LogP contribution in [-0.4, -0.2) is 27.8 Å². The Balaban J connectivity index is 1.53. The zero-order chi connectivity index (χ0) is 19.8. The SMILES string of the molecule is Cc1ccc(-n2nc(C3CCCCN3Cc3ccccc3)c3c2NCC3)c(C)c1. The summed E-state index contributed by atoms with van der Waals surface area (Å²) in [5, 5.41) is 8.84. The lowest BCUT2D eigenvalue weighted by atomic mass is 9.95. The number of piperidine rings is 1. The van der Waals surface area contributed by atoms with Crippen LogP contribution < -0.4 is 5.32 Å². The summed E-state index contributed by atoms with van der Waals surface area (Å²) in [5.41, 5.74) is 7.88. The first-order chi connectivity index (χ1) is 14.2. The average Bonchev–Trinajstić information content (AvgIpc) is 3.33. The maximum absolute atomic E-state index is 5.22. The number of likely N-dealkylation sites (tertiary alicyclic amines) is 1. The zero-order valence-electron chi connectivity index (χ0n) is 17.5. The summed E-state index contributed by atoms with van der Waals surface area (Å²) in [7, 11) is 0. The van der Waals surface area contributed by atoms with Gasteiger partial charge in [-0.05, 0) is 56.8 Å². The van der Waals surface area contributed by atoms with Gasteiger partial charge in [0.05, 0.1) is 17.4 Å². The number of rotatable bonds is 4. The van der Waals surface area contributed by atoms with E-state index in [9.17, 15) is 0 Å². The van der Waals surface area contributed by atoms with Gasteiger partial charge in [0.2, 0.25) is 0 Å². The Morgan fingerprint density at radius 2 is 1.93 bits per heavy atom. The highest BCUT2D eigenvalue weighted by Gasteiger charge is 2.32. The van der Waals surface area contributed by atoms with E-state index >= 15 is 0 Å². The Labute approximate surface area is 173 Å². The van der Waals surface area contributed by atoms with Gasteiger partial charge in [-0.3, -0.25) is 4.90 Å². The lowest BCUT2D eigenvalue weighted by molar-refractivity contribution is 0.136. The second-order valence-corrected chi connectivity index (χ2v) is 8.56. The fourth-order valence-corrected chi connectivity index (χ4v) is 4.99. The summed E-state index contributed by atoms with van der Waals surface area (Å²) in [5.74, 6) is 1.21. The molecule has 3 aromatic rings. The number of benzene rings is 2. The lowest BCUT2D eigenvalue weighted by Gasteiger charge is -2.35. The summed E-state index contributed by atoms with van der Waals surface area (Å²) in [4.78, 5) is 2.64. The van der Waals surface area contributed by atoms with Gasteiger partial charge in [-0.1, -0.05) is 54.4 Å². The van der Waals surface area contributed by atoms with E-state index in [1.54, 1.807) is 0 Å². The van der Waals surface area contributed by atoms with Crippen molar-refractivity contribution in [2.45, 2.75) is 52.1 Å². The molecule has 1 saturated heterocycles. The molecule has 150 valence electrons. The molecule has 1 fully saturated rings. The van der Waals surface area contributed by atoms with E-state index in [1.165, 1.54) is 58.7 Å². The van der Waals surface area contributed by atoms with Crippen molar-refractivity contribution in [3.8, 4) is 5.69 Å². The summed E-state index contributed by atoms with van der Waals surface area (Å²) in [6.45, 7) is 7.50. The standard InChI is InChI=1S/C25H30N4/c1-18-11-12-22(19(2)16-18)29-25-21(13-14-26-25)24(27-29)23-10-6-7-15-28(23)17-20-8-4-3-5-9-20/h3-5,8-9,11-12,16,23,26H,6-7,10,13-15,17H2,1-2H3. The molecule has 4 heteroatoms. The number of hydrogen-bond donors (Lipinski definition) is 1. The highest BCUT2D eigenvalue weighted by atomic mass is 15.4. The van der Waals surface area contributed by atoms with E-state index in [-0.39, 0.29) is 0 Å². The van der Waals surface area contributed by atoms with Crippen LogP contribution in [0.25, 0.3) is 5.69 Å². The maximum Gasteiger partial charge on any atom is 0.133 e. The molecular weight excluding hydrogens is 356 g/mol. The highest BCUT2D eigenvalue weighted by Crippen LogP contribution is 2.39. The van der Waals surface area contributed by atoms with Gasteiger partial charge in [-0.2, -0.15) is 5.10 Å². The second-order valence-electron chi connectivity index (χ2n) is 8.56. The Bertz CT molecular complexity index is 1010. The van der Waals surface area contributed by atoms with Crippen molar-refractivity contribution < 1.29 is 0 Å². The van der Waals surface area contributed by atoms with Crippen LogP contribution >= 0.6 is 0 Å². The topological polar surface area (TPSA) is 33.1 Å². The van der Waals surface area contributed by atoms with E-state index in [0.29, 0.717) is 6.04 Å². The van der Waals surface area contributed by atoms with Crippen molar-refractivity contribution in [3.05, 3.63) is 76.5 Å². The molecule has 0 aliphatic carbocycles. The van der Waals surface area contributed by atoms with Crippen LogP contribution in [-0.2, 0) is 13.0 Å². The molecule has 0 spiro atoms. The summed E-state index contributed by atoms with van der Waals surface area (Å²) < 4.78 is 2.17. The molecule has 0 saturated carbocycles. The summed E-state index contributed by atoms with van der Waals surface area (Å²) >= 11 is 0. The molecule has 2 aromatic carbocycles. The van der Waals surface area contributed by atoms with E-state index in [2.05, 4.69) is 77.3 Å². The van der Waals surface area contributed by atoms with Crippen molar-refractivity contribution in [2.24, 2.45) is 0 Å². The molecule has 2 aliphatic rings. The first-order valence-corrected chi connectivity index (χ1v) is 10.9. The van der Waals surface area contributed by atoms with Gasteiger partial charge in [0.15, 0.2) is 0 Å². The number of anilines is 1. The molecular formula is C25H30N4. The van der Waals surface area contributed by atoms with Gasteiger partial charge in [0.1, 0.15) is 5.82 Å². The number of hydrogen-bond acceptors (Lipinski definition) is 3. The van der Waals surface area contributed by atoms with Crippen LogP contribution in [0.4, 0.5) is 5.82 Å². The molecule has 2 aliphatic heterocycles. The predicted octanol–water partition coefficient (Wildman–Crippen LogP) is 5.18. The fourth-order valence-electron chi connectivity index (χ4n) is 4.99. The number of nitrogens with one attached hydrogen (secondary N) is 1. The highest BCUT2D eigenvalue weighted by molar-refractivity contribution is 5.59. The van der Waals surface area contributed by atoms with Crippen molar-refractivity contribution in [3.63, 3.8) is 0 Å². The summed E-state index contributed by atoms with van der Waals surface area (Å²) in [6, 6.07) is 17.9. The molecule has 1 N–H and O–H groups in total. The largest absolute Gasteiger partial charge is 0.369 e. The molecule has 4 nitrogen and oxygen atoms in total. The van der Waals surface area contributed by atoms with E-state index in [0.717, 1.165) is 26.1 Å². The van der Waals surface area contributed by atoms with Crippen LogP contribution in [0.2, 0.25) is 0 Å². The third-order valence-corrected chi connectivity index (χ3v) is 6.42. The van der Waals surface area contributed by atoms with Crippen LogP contribution in [0.1, 0.15) is 53.3 Å². The minimum Gasteiger partial charge on any atom is -0.369 e. The molecule has 5 rings (SSSR count). The fraction of sp³-hybridized carbons (Fsp3) is 0.400. The second kappa shape index (κ2) is 7.68.